The Morgan fingerprint density at radius 2 is 2.00 bits per heavy atom. The van der Waals surface area contributed by atoms with Gasteiger partial charge in [-0.2, -0.15) is 0 Å². The van der Waals surface area contributed by atoms with Crippen molar-refractivity contribution in [3.8, 4) is 0 Å². The van der Waals surface area contributed by atoms with Gasteiger partial charge in [0.2, 0.25) is 5.91 Å². The Morgan fingerprint density at radius 3 is 2.59 bits per heavy atom. The number of carbonyl (C=O) groups excluding carboxylic acids is 1. The molecule has 1 unspecified atom stereocenters. The van der Waals surface area contributed by atoms with Crippen molar-refractivity contribution in [1.29, 1.82) is 0 Å². The zero-order chi connectivity index (χ0) is 12.7. The van der Waals surface area contributed by atoms with Gasteiger partial charge in [0.05, 0.1) is 0 Å². The predicted molar refractivity (Wildman–Crippen MR) is 69.6 cm³/mol. The monoisotopic (exact) mass is 241 g/mol. The van der Waals surface area contributed by atoms with Gasteiger partial charge in [0.15, 0.2) is 0 Å². The summed E-state index contributed by atoms with van der Waals surface area (Å²) in [5.41, 5.74) is 0. The normalized spacial score (nSPS) is 26.5. The molecular weight excluding hydrogens is 214 g/mol. The summed E-state index contributed by atoms with van der Waals surface area (Å²) in [6.45, 7) is 5.30. The number of carbonyl (C=O) groups is 1. The third-order valence-electron chi connectivity index (χ3n) is 3.87. The first-order valence-corrected chi connectivity index (χ1v) is 7.02. The highest BCUT2D eigenvalue weighted by molar-refractivity contribution is 5.78. The van der Waals surface area contributed by atoms with Crippen LogP contribution in [0.5, 0.6) is 0 Å². The van der Waals surface area contributed by atoms with E-state index in [0.29, 0.717) is 5.92 Å². The molecule has 0 heterocycles. The van der Waals surface area contributed by atoms with E-state index in [1.165, 1.54) is 12.8 Å². The van der Waals surface area contributed by atoms with Crippen molar-refractivity contribution >= 4 is 5.91 Å². The molecule has 1 aliphatic carbocycles. The van der Waals surface area contributed by atoms with Crippen LogP contribution in [0.25, 0.3) is 0 Å². The number of hydrogen-bond acceptors (Lipinski definition) is 2. The Morgan fingerprint density at radius 1 is 1.35 bits per heavy atom. The minimum Gasteiger partial charge on any atom is -0.396 e. The molecule has 0 aromatic rings. The summed E-state index contributed by atoms with van der Waals surface area (Å²) >= 11 is 0. The first-order valence-electron chi connectivity index (χ1n) is 7.02. The van der Waals surface area contributed by atoms with Gasteiger partial charge in [-0.3, -0.25) is 4.79 Å². The second-order valence-electron chi connectivity index (χ2n) is 5.68. The van der Waals surface area contributed by atoms with Crippen LogP contribution in [-0.2, 0) is 4.79 Å². The summed E-state index contributed by atoms with van der Waals surface area (Å²) in [6.07, 6.45) is 6.45. The Bertz CT molecular complexity index is 222. The van der Waals surface area contributed by atoms with Gasteiger partial charge in [-0.15, -0.1) is 0 Å². The number of hydrogen-bond donors (Lipinski definition) is 2. The van der Waals surface area contributed by atoms with E-state index in [1.807, 2.05) is 6.92 Å². The topological polar surface area (TPSA) is 49.3 Å². The average Bonchev–Trinajstić information content (AvgIpc) is 2.34. The van der Waals surface area contributed by atoms with Crippen molar-refractivity contribution in [2.45, 2.75) is 52.4 Å². The SMILES string of the molecule is CC(CO)CCCNC(=O)C1CCC(C)CC1. The molecule has 0 bridgehead atoms. The second-order valence-corrected chi connectivity index (χ2v) is 5.68. The van der Waals surface area contributed by atoms with Gasteiger partial charge in [-0.1, -0.05) is 13.8 Å². The Balaban J connectivity index is 2.08. The molecule has 0 aliphatic heterocycles. The molecule has 0 aromatic heterocycles. The minimum atomic E-state index is 0.244. The molecule has 1 atom stereocenters. The van der Waals surface area contributed by atoms with Crippen LogP contribution in [0.1, 0.15) is 52.4 Å². The third-order valence-corrected chi connectivity index (χ3v) is 3.87. The molecule has 1 rings (SSSR count). The highest BCUT2D eigenvalue weighted by Gasteiger charge is 2.23. The van der Waals surface area contributed by atoms with Gasteiger partial charge in [0.25, 0.3) is 0 Å². The van der Waals surface area contributed by atoms with E-state index in [1.54, 1.807) is 0 Å². The van der Waals surface area contributed by atoms with E-state index in [9.17, 15) is 4.79 Å². The van der Waals surface area contributed by atoms with E-state index >= 15 is 0 Å². The Hall–Kier alpha value is -0.570. The van der Waals surface area contributed by atoms with E-state index in [2.05, 4.69) is 12.2 Å². The number of amides is 1. The van der Waals surface area contributed by atoms with E-state index < -0.39 is 0 Å². The summed E-state index contributed by atoms with van der Waals surface area (Å²) in [6, 6.07) is 0. The molecule has 1 fully saturated rings. The fourth-order valence-corrected chi connectivity index (χ4v) is 2.42. The summed E-state index contributed by atoms with van der Waals surface area (Å²) < 4.78 is 0. The lowest BCUT2D eigenvalue weighted by atomic mass is 9.82. The lowest BCUT2D eigenvalue weighted by molar-refractivity contribution is -0.126. The van der Waals surface area contributed by atoms with Crippen molar-refractivity contribution in [1.82, 2.24) is 5.32 Å². The van der Waals surface area contributed by atoms with Crippen molar-refractivity contribution in [2.75, 3.05) is 13.2 Å². The average molecular weight is 241 g/mol. The zero-order valence-corrected chi connectivity index (χ0v) is 11.2. The van der Waals surface area contributed by atoms with Gasteiger partial charge in [-0.05, 0) is 50.4 Å². The van der Waals surface area contributed by atoms with Crippen molar-refractivity contribution < 1.29 is 9.90 Å². The van der Waals surface area contributed by atoms with Gasteiger partial charge < -0.3 is 10.4 Å². The lowest BCUT2D eigenvalue weighted by Crippen LogP contribution is -2.33. The van der Waals surface area contributed by atoms with Crippen LogP contribution < -0.4 is 5.32 Å². The van der Waals surface area contributed by atoms with E-state index in [-0.39, 0.29) is 18.4 Å². The largest absolute Gasteiger partial charge is 0.396 e. The maximum atomic E-state index is 11.9. The highest BCUT2D eigenvalue weighted by Crippen LogP contribution is 2.28. The standard InChI is InChI=1S/C14H27NO2/c1-11-5-7-13(8-6-11)14(17)15-9-3-4-12(2)10-16/h11-13,16H,3-10H2,1-2H3,(H,15,17). The molecule has 3 heteroatoms. The minimum absolute atomic E-state index is 0.244. The predicted octanol–water partition coefficient (Wildman–Crippen LogP) is 2.34. The van der Waals surface area contributed by atoms with Crippen LogP contribution in [0.2, 0.25) is 0 Å². The maximum absolute atomic E-state index is 11.9. The molecule has 100 valence electrons. The van der Waals surface area contributed by atoms with Crippen molar-refractivity contribution in [2.24, 2.45) is 17.8 Å². The highest BCUT2D eigenvalue weighted by atomic mass is 16.3. The number of nitrogens with one attached hydrogen (secondary N) is 1. The van der Waals surface area contributed by atoms with Gasteiger partial charge in [0.1, 0.15) is 0 Å². The van der Waals surface area contributed by atoms with Crippen LogP contribution >= 0.6 is 0 Å². The molecule has 0 radical (unpaired) electrons. The molecule has 17 heavy (non-hydrogen) atoms. The Labute approximate surface area is 105 Å². The van der Waals surface area contributed by atoms with Crippen LogP contribution in [-0.4, -0.2) is 24.2 Å². The number of aliphatic hydroxyl groups excluding tert-OH is 1. The summed E-state index contributed by atoms with van der Waals surface area (Å²) in [7, 11) is 0. The van der Waals surface area contributed by atoms with E-state index in [4.69, 9.17) is 5.11 Å². The third kappa shape index (κ3) is 5.53. The van der Waals surface area contributed by atoms with Crippen LogP contribution in [0.3, 0.4) is 0 Å². The van der Waals surface area contributed by atoms with Gasteiger partial charge in [0, 0.05) is 19.1 Å². The molecule has 0 saturated heterocycles. The molecular formula is C14H27NO2. The van der Waals surface area contributed by atoms with Gasteiger partial charge >= 0.3 is 0 Å². The van der Waals surface area contributed by atoms with Crippen LogP contribution in [0, 0.1) is 17.8 Å². The van der Waals surface area contributed by atoms with Crippen LogP contribution in [0.15, 0.2) is 0 Å². The molecule has 1 saturated carbocycles. The summed E-state index contributed by atoms with van der Waals surface area (Å²) in [5.74, 6) is 1.64. The second kappa shape index (κ2) is 7.70. The van der Waals surface area contributed by atoms with Crippen LogP contribution in [0.4, 0.5) is 0 Å². The summed E-state index contributed by atoms with van der Waals surface area (Å²) in [5, 5.41) is 11.9. The molecule has 1 amide bonds. The van der Waals surface area contributed by atoms with Gasteiger partial charge in [-0.25, -0.2) is 0 Å². The van der Waals surface area contributed by atoms with Crippen molar-refractivity contribution in [3.63, 3.8) is 0 Å². The molecule has 1 aliphatic rings. The number of rotatable bonds is 6. The fourth-order valence-electron chi connectivity index (χ4n) is 2.42. The van der Waals surface area contributed by atoms with E-state index in [0.717, 1.165) is 38.1 Å². The fraction of sp³-hybridized carbons (Fsp3) is 0.929. The van der Waals surface area contributed by atoms with Crippen molar-refractivity contribution in [3.05, 3.63) is 0 Å². The molecule has 0 aromatic carbocycles. The molecule has 0 spiro atoms. The quantitative estimate of drug-likeness (QED) is 0.701. The zero-order valence-electron chi connectivity index (χ0n) is 11.2. The number of aliphatic hydroxyl groups is 1. The smallest absolute Gasteiger partial charge is 0.223 e. The molecule has 3 nitrogen and oxygen atoms in total. The lowest BCUT2D eigenvalue weighted by Gasteiger charge is -2.25. The first-order chi connectivity index (χ1) is 8.13. The summed E-state index contributed by atoms with van der Waals surface area (Å²) in [4.78, 5) is 11.9. The maximum Gasteiger partial charge on any atom is 0.223 e. The first kappa shape index (κ1) is 14.5. The molecule has 2 N–H and O–H groups in total. The Kier molecular flexibility index (Phi) is 6.56.